The molecule has 0 aromatic heterocycles. The van der Waals surface area contributed by atoms with Crippen LogP contribution in [-0.2, 0) is 9.59 Å². The summed E-state index contributed by atoms with van der Waals surface area (Å²) in [6, 6.07) is 6.67. The van der Waals surface area contributed by atoms with Crippen molar-refractivity contribution in [2.24, 2.45) is 5.73 Å². The fraction of sp³-hybridized carbons (Fsp3) is 0.471. The van der Waals surface area contributed by atoms with E-state index >= 15 is 0 Å². The first-order chi connectivity index (χ1) is 11.9. The maximum absolute atomic E-state index is 12.0. The largest absolute Gasteiger partial charge is 0.369 e. The number of halogens is 1. The molecule has 136 valence electrons. The van der Waals surface area contributed by atoms with Gasteiger partial charge in [-0.05, 0) is 37.1 Å². The summed E-state index contributed by atoms with van der Waals surface area (Å²) in [5, 5.41) is 6.24. The lowest BCUT2D eigenvalue weighted by Gasteiger charge is -2.31. The monoisotopic (exact) mass is 366 g/mol. The van der Waals surface area contributed by atoms with Crippen molar-refractivity contribution in [1.82, 2.24) is 15.5 Å². The molecule has 1 fully saturated rings. The summed E-state index contributed by atoms with van der Waals surface area (Å²) in [6.45, 7) is 2.01. The molecule has 4 N–H and O–H groups in total. The molecule has 7 nitrogen and oxygen atoms in total. The highest BCUT2D eigenvalue weighted by molar-refractivity contribution is 6.30. The van der Waals surface area contributed by atoms with Gasteiger partial charge in [0.15, 0.2) is 0 Å². The topological polar surface area (TPSA) is 105 Å². The number of nitrogens with one attached hydrogen (secondary N) is 2. The smallest absolute Gasteiger partial charge is 0.251 e. The molecule has 0 bridgehead atoms. The second-order valence-corrected chi connectivity index (χ2v) is 6.53. The zero-order chi connectivity index (χ0) is 18.2. The summed E-state index contributed by atoms with van der Waals surface area (Å²) >= 11 is 5.78. The van der Waals surface area contributed by atoms with Gasteiger partial charge in [-0.2, -0.15) is 0 Å². The second kappa shape index (κ2) is 9.39. The summed E-state index contributed by atoms with van der Waals surface area (Å²) in [5.74, 6) is -0.659. The van der Waals surface area contributed by atoms with Crippen LogP contribution in [0.15, 0.2) is 24.3 Å². The molecule has 1 aliphatic heterocycles. The minimum Gasteiger partial charge on any atom is -0.369 e. The molecule has 0 radical (unpaired) electrons. The number of benzene rings is 1. The highest BCUT2D eigenvalue weighted by Gasteiger charge is 2.21. The van der Waals surface area contributed by atoms with E-state index < -0.39 is 0 Å². The molecular weight excluding hydrogens is 344 g/mol. The van der Waals surface area contributed by atoms with Crippen molar-refractivity contribution in [1.29, 1.82) is 0 Å². The maximum Gasteiger partial charge on any atom is 0.251 e. The van der Waals surface area contributed by atoms with Gasteiger partial charge >= 0.3 is 0 Å². The highest BCUT2D eigenvalue weighted by Crippen LogP contribution is 2.10. The predicted molar refractivity (Wildman–Crippen MR) is 95.2 cm³/mol. The summed E-state index contributed by atoms with van der Waals surface area (Å²) in [4.78, 5) is 36.8. The maximum atomic E-state index is 12.0. The fourth-order valence-electron chi connectivity index (χ4n) is 2.75. The van der Waals surface area contributed by atoms with Crippen molar-refractivity contribution >= 4 is 29.3 Å². The van der Waals surface area contributed by atoms with E-state index in [0.717, 1.165) is 25.9 Å². The highest BCUT2D eigenvalue weighted by atomic mass is 35.5. The average Bonchev–Trinajstić information content (AvgIpc) is 2.56. The van der Waals surface area contributed by atoms with E-state index in [9.17, 15) is 14.4 Å². The van der Waals surface area contributed by atoms with E-state index in [1.54, 1.807) is 24.3 Å². The molecule has 1 heterocycles. The molecule has 1 aromatic rings. The lowest BCUT2D eigenvalue weighted by molar-refractivity contribution is -0.123. The molecule has 0 spiro atoms. The minimum absolute atomic E-state index is 0.0928. The molecule has 2 rings (SSSR count). The van der Waals surface area contributed by atoms with Gasteiger partial charge in [-0.25, -0.2) is 0 Å². The lowest BCUT2D eigenvalue weighted by atomic mass is 10.0. The first-order valence-corrected chi connectivity index (χ1v) is 8.65. The van der Waals surface area contributed by atoms with Gasteiger partial charge in [0.1, 0.15) is 0 Å². The Labute approximate surface area is 151 Å². The molecular formula is C17H23ClN4O3. The van der Waals surface area contributed by atoms with E-state index in [1.165, 1.54) is 0 Å². The number of likely N-dealkylation sites (tertiary alicyclic amines) is 1. The lowest BCUT2D eigenvalue weighted by Crippen LogP contribution is -2.47. The van der Waals surface area contributed by atoms with Crippen LogP contribution in [-0.4, -0.2) is 54.8 Å². The molecule has 0 aliphatic carbocycles. The molecule has 25 heavy (non-hydrogen) atoms. The zero-order valence-corrected chi connectivity index (χ0v) is 14.7. The standard InChI is InChI=1S/C17H23ClN4O3/c18-13-3-1-12(2-4-13)17(25)20-8-5-16(24)21-14-6-9-22(10-7-14)11-15(19)23/h1-4,14H,5-11H2,(H2,19,23)(H,20,25)(H,21,24). The van der Waals surface area contributed by atoms with Crippen LogP contribution in [0.2, 0.25) is 5.02 Å². The van der Waals surface area contributed by atoms with E-state index in [2.05, 4.69) is 10.6 Å². The Balaban J connectivity index is 1.63. The Hall–Kier alpha value is -2.12. The first kappa shape index (κ1) is 19.2. The van der Waals surface area contributed by atoms with Gasteiger partial charge in [0, 0.05) is 42.7 Å². The van der Waals surface area contributed by atoms with Crippen molar-refractivity contribution in [2.75, 3.05) is 26.2 Å². The Bertz CT molecular complexity index is 613. The number of carbonyl (C=O) groups is 3. The van der Waals surface area contributed by atoms with Crippen LogP contribution in [0.3, 0.4) is 0 Å². The van der Waals surface area contributed by atoms with Crippen LogP contribution in [0, 0.1) is 0 Å². The van der Waals surface area contributed by atoms with Crippen LogP contribution in [0.1, 0.15) is 29.6 Å². The minimum atomic E-state index is -0.334. The molecule has 0 atom stereocenters. The van der Waals surface area contributed by atoms with Crippen molar-refractivity contribution < 1.29 is 14.4 Å². The molecule has 0 unspecified atom stereocenters. The van der Waals surface area contributed by atoms with Crippen LogP contribution >= 0.6 is 11.6 Å². The van der Waals surface area contributed by atoms with Crippen molar-refractivity contribution in [3.8, 4) is 0 Å². The third-order valence-electron chi connectivity index (χ3n) is 4.08. The van der Waals surface area contributed by atoms with E-state index in [0.29, 0.717) is 10.6 Å². The number of nitrogens with zero attached hydrogens (tertiary/aromatic N) is 1. The zero-order valence-electron chi connectivity index (χ0n) is 14.0. The average molecular weight is 367 g/mol. The number of piperidine rings is 1. The van der Waals surface area contributed by atoms with Crippen LogP contribution in [0.5, 0.6) is 0 Å². The molecule has 8 heteroatoms. The third kappa shape index (κ3) is 6.72. The normalized spacial score (nSPS) is 15.6. The van der Waals surface area contributed by atoms with E-state index in [4.69, 9.17) is 17.3 Å². The van der Waals surface area contributed by atoms with Gasteiger partial charge in [-0.3, -0.25) is 19.3 Å². The molecule has 1 saturated heterocycles. The third-order valence-corrected chi connectivity index (χ3v) is 4.33. The van der Waals surface area contributed by atoms with E-state index in [1.807, 2.05) is 4.90 Å². The predicted octanol–water partition coefficient (Wildman–Crippen LogP) is 0.526. The summed E-state index contributed by atoms with van der Waals surface area (Å²) in [5.41, 5.74) is 5.68. The molecule has 1 aliphatic rings. The number of rotatable bonds is 7. The fourth-order valence-corrected chi connectivity index (χ4v) is 2.87. The Morgan fingerprint density at radius 2 is 1.80 bits per heavy atom. The van der Waals surface area contributed by atoms with Gasteiger partial charge in [0.25, 0.3) is 5.91 Å². The number of carbonyl (C=O) groups excluding carboxylic acids is 3. The summed E-state index contributed by atoms with van der Waals surface area (Å²) in [7, 11) is 0. The number of hydrogen-bond donors (Lipinski definition) is 3. The van der Waals surface area contributed by atoms with E-state index in [-0.39, 0.29) is 43.3 Å². The van der Waals surface area contributed by atoms with Gasteiger partial charge in [0.05, 0.1) is 6.54 Å². The Morgan fingerprint density at radius 1 is 1.16 bits per heavy atom. The van der Waals surface area contributed by atoms with Gasteiger partial charge in [-0.1, -0.05) is 11.6 Å². The van der Waals surface area contributed by atoms with Gasteiger partial charge < -0.3 is 16.4 Å². The Kier molecular flexibility index (Phi) is 7.21. The van der Waals surface area contributed by atoms with Crippen molar-refractivity contribution in [3.05, 3.63) is 34.9 Å². The molecule has 1 aromatic carbocycles. The summed E-state index contributed by atoms with van der Waals surface area (Å²) in [6.07, 6.45) is 1.80. The molecule has 0 saturated carbocycles. The van der Waals surface area contributed by atoms with Crippen LogP contribution < -0.4 is 16.4 Å². The SMILES string of the molecule is NC(=O)CN1CCC(NC(=O)CCNC(=O)c2ccc(Cl)cc2)CC1. The van der Waals surface area contributed by atoms with Crippen molar-refractivity contribution in [3.63, 3.8) is 0 Å². The second-order valence-electron chi connectivity index (χ2n) is 6.10. The Morgan fingerprint density at radius 3 is 2.40 bits per heavy atom. The van der Waals surface area contributed by atoms with Crippen LogP contribution in [0.4, 0.5) is 0 Å². The quantitative estimate of drug-likeness (QED) is 0.654. The van der Waals surface area contributed by atoms with Gasteiger partial charge in [-0.15, -0.1) is 0 Å². The number of hydrogen-bond acceptors (Lipinski definition) is 4. The van der Waals surface area contributed by atoms with Crippen LogP contribution in [0.25, 0.3) is 0 Å². The molecule has 3 amide bonds. The van der Waals surface area contributed by atoms with Crippen molar-refractivity contribution in [2.45, 2.75) is 25.3 Å². The number of amides is 3. The number of primary amides is 1. The summed E-state index contributed by atoms with van der Waals surface area (Å²) < 4.78 is 0. The van der Waals surface area contributed by atoms with Gasteiger partial charge in [0.2, 0.25) is 11.8 Å². The number of nitrogens with two attached hydrogens (primary N) is 1. The first-order valence-electron chi connectivity index (χ1n) is 8.28.